The number of hydrogen-bond acceptors (Lipinski definition) is 3. The number of halogens is 1. The van der Waals surface area contributed by atoms with Crippen LogP contribution in [0.3, 0.4) is 0 Å². The number of rotatable bonds is 9. The lowest BCUT2D eigenvalue weighted by Crippen LogP contribution is -2.12. The van der Waals surface area contributed by atoms with Crippen LogP contribution in [0.4, 0.5) is 4.39 Å². The second kappa shape index (κ2) is 10.0. The molecule has 0 amide bonds. The number of ether oxygens (including phenoxy) is 1. The summed E-state index contributed by atoms with van der Waals surface area (Å²) in [5.41, 5.74) is 9.40. The van der Waals surface area contributed by atoms with Crippen molar-refractivity contribution in [1.82, 2.24) is 0 Å². The van der Waals surface area contributed by atoms with Gasteiger partial charge in [-0.3, -0.25) is 4.79 Å². The minimum absolute atomic E-state index is 0.105. The first-order valence-corrected chi connectivity index (χ1v) is 10.1. The minimum atomic E-state index is -0.912. The molecule has 0 aromatic heterocycles. The Morgan fingerprint density at radius 2 is 1.87 bits per heavy atom. The quantitative estimate of drug-likeness (QED) is 0.491. The van der Waals surface area contributed by atoms with E-state index in [-0.39, 0.29) is 24.9 Å². The number of hydrogen-bond donors (Lipinski definition) is 2. The maximum atomic E-state index is 15.1. The number of carboxylic acids is 1. The molecule has 3 aromatic carbocycles. The zero-order valence-corrected chi connectivity index (χ0v) is 17.0. The van der Waals surface area contributed by atoms with E-state index in [4.69, 9.17) is 15.6 Å². The normalized spacial score (nSPS) is 11.8. The van der Waals surface area contributed by atoms with Gasteiger partial charge < -0.3 is 15.6 Å². The van der Waals surface area contributed by atoms with E-state index in [1.807, 2.05) is 37.3 Å². The maximum absolute atomic E-state index is 15.1. The fourth-order valence-electron chi connectivity index (χ4n) is 3.47. The van der Waals surface area contributed by atoms with E-state index < -0.39 is 5.97 Å². The summed E-state index contributed by atoms with van der Waals surface area (Å²) < 4.78 is 21.0. The maximum Gasteiger partial charge on any atom is 0.307 e. The number of nitrogens with two attached hydrogens (primary N) is 1. The number of benzene rings is 3. The van der Waals surface area contributed by atoms with E-state index in [1.54, 1.807) is 36.4 Å². The molecule has 0 saturated carbocycles. The molecular formula is C25H26FNO3. The molecule has 0 aliphatic heterocycles. The molecule has 3 aromatic rings. The highest BCUT2D eigenvalue weighted by atomic mass is 19.1. The van der Waals surface area contributed by atoms with Crippen molar-refractivity contribution in [2.75, 3.05) is 0 Å². The predicted octanol–water partition coefficient (Wildman–Crippen LogP) is 5.50. The van der Waals surface area contributed by atoms with E-state index in [0.29, 0.717) is 22.4 Å². The van der Waals surface area contributed by atoms with Crippen molar-refractivity contribution >= 4 is 5.97 Å². The first-order valence-electron chi connectivity index (χ1n) is 10.1. The summed E-state index contributed by atoms with van der Waals surface area (Å²) in [5.74, 6) is -0.669. The van der Waals surface area contributed by atoms with Gasteiger partial charge in [0.1, 0.15) is 18.2 Å². The van der Waals surface area contributed by atoms with E-state index in [1.165, 1.54) is 0 Å². The van der Waals surface area contributed by atoms with Gasteiger partial charge in [0.05, 0.1) is 6.42 Å². The molecule has 0 aliphatic rings. The van der Waals surface area contributed by atoms with Crippen LogP contribution in [0.5, 0.6) is 5.75 Å². The van der Waals surface area contributed by atoms with E-state index in [0.717, 1.165) is 24.0 Å². The van der Waals surface area contributed by atoms with Crippen molar-refractivity contribution in [1.29, 1.82) is 0 Å². The lowest BCUT2D eigenvalue weighted by atomic mass is 9.96. The second-order valence-corrected chi connectivity index (χ2v) is 7.27. The van der Waals surface area contributed by atoms with Gasteiger partial charge in [-0.25, -0.2) is 4.39 Å². The van der Waals surface area contributed by atoms with Gasteiger partial charge in [0.25, 0.3) is 0 Å². The molecule has 0 bridgehead atoms. The molecule has 3 rings (SSSR count). The van der Waals surface area contributed by atoms with Gasteiger partial charge in [-0.1, -0.05) is 67.9 Å². The van der Waals surface area contributed by atoms with Gasteiger partial charge >= 0.3 is 5.97 Å². The fraction of sp³-hybridized carbons (Fsp3) is 0.240. The summed E-state index contributed by atoms with van der Waals surface area (Å²) in [7, 11) is 0. The van der Waals surface area contributed by atoms with Crippen molar-refractivity contribution in [3.8, 4) is 16.9 Å². The van der Waals surface area contributed by atoms with Gasteiger partial charge in [0, 0.05) is 22.7 Å². The van der Waals surface area contributed by atoms with Crippen molar-refractivity contribution in [2.45, 2.75) is 38.8 Å². The second-order valence-electron chi connectivity index (χ2n) is 7.27. The molecular weight excluding hydrogens is 381 g/mol. The lowest BCUT2D eigenvalue weighted by molar-refractivity contribution is -0.136. The van der Waals surface area contributed by atoms with Crippen LogP contribution in [0.1, 0.15) is 42.5 Å². The standard InChI is InChI=1S/C25H26FNO3/c1-2-7-22(27)21-12-6-11-20(25(21)26)18-10-5-8-17(14-18)16-30-23-13-4-3-9-19(23)15-24(28)29/h3-6,8-14,22H,2,7,15-16,27H2,1H3,(H,28,29)/t22-/m1/s1. The third-order valence-electron chi connectivity index (χ3n) is 4.97. The Bertz CT molecular complexity index is 1020. The summed E-state index contributed by atoms with van der Waals surface area (Å²) in [6.45, 7) is 2.28. The van der Waals surface area contributed by atoms with Crippen molar-refractivity contribution in [3.63, 3.8) is 0 Å². The number of para-hydroxylation sites is 1. The van der Waals surface area contributed by atoms with Crippen LogP contribution in [0.25, 0.3) is 11.1 Å². The molecule has 1 atom stereocenters. The summed E-state index contributed by atoms with van der Waals surface area (Å²) in [6, 6.07) is 19.6. The van der Waals surface area contributed by atoms with Crippen LogP contribution in [-0.4, -0.2) is 11.1 Å². The van der Waals surface area contributed by atoms with Crippen LogP contribution in [0, 0.1) is 5.82 Å². The highest BCUT2D eigenvalue weighted by molar-refractivity contribution is 5.71. The van der Waals surface area contributed by atoms with E-state index >= 15 is 4.39 Å². The number of carbonyl (C=O) groups is 1. The molecule has 0 unspecified atom stereocenters. The first kappa shape index (κ1) is 21.5. The van der Waals surface area contributed by atoms with E-state index in [9.17, 15) is 4.79 Å². The van der Waals surface area contributed by atoms with Crippen LogP contribution in [-0.2, 0) is 17.8 Å². The molecule has 3 N–H and O–H groups in total. The van der Waals surface area contributed by atoms with Gasteiger partial charge in [-0.05, 0) is 29.7 Å². The Labute approximate surface area is 176 Å². The van der Waals surface area contributed by atoms with Gasteiger partial charge in [0.15, 0.2) is 0 Å². The molecule has 0 spiro atoms. The summed E-state index contributed by atoms with van der Waals surface area (Å²) in [5, 5.41) is 9.06. The third kappa shape index (κ3) is 5.24. The summed E-state index contributed by atoms with van der Waals surface area (Å²) in [6.07, 6.45) is 1.51. The van der Waals surface area contributed by atoms with E-state index in [2.05, 4.69) is 0 Å². The third-order valence-corrected chi connectivity index (χ3v) is 4.97. The highest BCUT2D eigenvalue weighted by Crippen LogP contribution is 2.30. The van der Waals surface area contributed by atoms with Gasteiger partial charge in [0.2, 0.25) is 0 Å². The molecule has 156 valence electrons. The molecule has 0 saturated heterocycles. The van der Waals surface area contributed by atoms with Crippen molar-refractivity contribution < 1.29 is 19.0 Å². The van der Waals surface area contributed by atoms with Crippen LogP contribution < -0.4 is 10.5 Å². The van der Waals surface area contributed by atoms with Crippen LogP contribution in [0.2, 0.25) is 0 Å². The Morgan fingerprint density at radius 3 is 2.63 bits per heavy atom. The van der Waals surface area contributed by atoms with Gasteiger partial charge in [-0.15, -0.1) is 0 Å². The summed E-state index contributed by atoms with van der Waals surface area (Å²) in [4.78, 5) is 11.0. The Kier molecular flexibility index (Phi) is 7.20. The van der Waals surface area contributed by atoms with Crippen LogP contribution >= 0.6 is 0 Å². The summed E-state index contributed by atoms with van der Waals surface area (Å²) >= 11 is 0. The van der Waals surface area contributed by atoms with Crippen molar-refractivity contribution in [3.05, 3.63) is 89.2 Å². The molecule has 4 nitrogen and oxygen atoms in total. The van der Waals surface area contributed by atoms with Gasteiger partial charge in [-0.2, -0.15) is 0 Å². The SMILES string of the molecule is CCC[C@@H](N)c1cccc(-c2cccc(COc3ccccc3CC(=O)O)c2)c1F. The highest BCUT2D eigenvalue weighted by Gasteiger charge is 2.15. The topological polar surface area (TPSA) is 72.5 Å². The molecule has 0 aliphatic carbocycles. The van der Waals surface area contributed by atoms with Crippen molar-refractivity contribution in [2.24, 2.45) is 5.73 Å². The van der Waals surface area contributed by atoms with Crippen LogP contribution in [0.15, 0.2) is 66.7 Å². The smallest absolute Gasteiger partial charge is 0.307 e. The average molecular weight is 407 g/mol. The minimum Gasteiger partial charge on any atom is -0.489 e. The molecule has 30 heavy (non-hydrogen) atoms. The Hall–Kier alpha value is -3.18. The molecule has 0 fully saturated rings. The molecule has 0 radical (unpaired) electrons. The predicted molar refractivity (Wildman–Crippen MR) is 116 cm³/mol. The fourth-order valence-corrected chi connectivity index (χ4v) is 3.47. The zero-order valence-electron chi connectivity index (χ0n) is 17.0. The lowest BCUT2D eigenvalue weighted by Gasteiger charge is -2.15. The molecule has 5 heteroatoms. The number of carboxylic acid groups (broad SMARTS) is 1. The largest absolute Gasteiger partial charge is 0.489 e. The molecule has 0 heterocycles. The Balaban J connectivity index is 1.81. The zero-order chi connectivity index (χ0) is 21.5. The first-order chi connectivity index (χ1) is 14.5. The monoisotopic (exact) mass is 407 g/mol. The average Bonchev–Trinajstić information content (AvgIpc) is 2.73. The Morgan fingerprint density at radius 1 is 1.10 bits per heavy atom. The number of aliphatic carboxylic acids is 1.